The predicted octanol–water partition coefficient (Wildman–Crippen LogP) is 5.81. The Morgan fingerprint density at radius 1 is 0.829 bits per heavy atom. The first-order valence-corrected chi connectivity index (χ1v) is 12.5. The Morgan fingerprint density at radius 2 is 1.34 bits per heavy atom. The van der Waals surface area contributed by atoms with Crippen molar-refractivity contribution in [3.05, 3.63) is 60.3 Å². The van der Waals surface area contributed by atoms with Crippen LogP contribution >= 0.6 is 0 Å². The quantitative estimate of drug-likeness (QED) is 0.346. The van der Waals surface area contributed by atoms with E-state index in [2.05, 4.69) is 69.6 Å². The molecule has 2 unspecified atom stereocenters. The van der Waals surface area contributed by atoms with Crippen LogP contribution in [-0.4, -0.2) is 48.4 Å². The first-order valence-electron chi connectivity index (χ1n) is 12.5. The zero-order valence-electron chi connectivity index (χ0n) is 21.4. The van der Waals surface area contributed by atoms with Crippen molar-refractivity contribution >= 4 is 0 Å². The van der Waals surface area contributed by atoms with Gasteiger partial charge in [-0.3, -0.25) is 0 Å². The van der Waals surface area contributed by atoms with Crippen molar-refractivity contribution in [3.63, 3.8) is 0 Å². The number of rotatable bonds is 10. The summed E-state index contributed by atoms with van der Waals surface area (Å²) in [6, 6.07) is 18.6. The lowest BCUT2D eigenvalue weighted by atomic mass is 9.74. The van der Waals surface area contributed by atoms with Crippen molar-refractivity contribution < 1.29 is 18.9 Å². The first-order chi connectivity index (χ1) is 16.7. The molecule has 3 heterocycles. The molecule has 0 aliphatic carbocycles. The Kier molecular flexibility index (Phi) is 6.36. The number of hydrogen-bond acceptors (Lipinski definition) is 5. The molecule has 0 amide bonds. The van der Waals surface area contributed by atoms with E-state index in [9.17, 15) is 0 Å². The fraction of sp³-hybridized carbons (Fsp3) is 0.483. The van der Waals surface area contributed by atoms with Crippen LogP contribution in [0.3, 0.4) is 0 Å². The molecule has 6 nitrogen and oxygen atoms in total. The molecule has 0 spiro atoms. The lowest BCUT2D eigenvalue weighted by Gasteiger charge is -2.33. The normalized spacial score (nSPS) is 19.5. The number of hydrogen-bond donors (Lipinski definition) is 0. The monoisotopic (exact) mass is 476 g/mol. The summed E-state index contributed by atoms with van der Waals surface area (Å²) in [7, 11) is 0. The molecule has 2 aliphatic heterocycles. The first kappa shape index (κ1) is 23.9. The third-order valence-electron chi connectivity index (χ3n) is 6.28. The molecule has 35 heavy (non-hydrogen) atoms. The maximum atomic E-state index is 5.83. The summed E-state index contributed by atoms with van der Waals surface area (Å²) in [5.41, 5.74) is 4.34. The third kappa shape index (κ3) is 6.24. The van der Waals surface area contributed by atoms with E-state index in [4.69, 9.17) is 24.0 Å². The summed E-state index contributed by atoms with van der Waals surface area (Å²) >= 11 is 0. The van der Waals surface area contributed by atoms with E-state index in [-0.39, 0.29) is 23.0 Å². The van der Waals surface area contributed by atoms with Gasteiger partial charge in [0.1, 0.15) is 36.9 Å². The van der Waals surface area contributed by atoms with Crippen LogP contribution in [0.25, 0.3) is 16.9 Å². The van der Waals surface area contributed by atoms with Crippen molar-refractivity contribution in [3.8, 4) is 28.4 Å². The second kappa shape index (κ2) is 9.32. The van der Waals surface area contributed by atoms with Gasteiger partial charge >= 0.3 is 0 Å². The smallest absolute Gasteiger partial charge is 0.119 e. The second-order valence-electron chi connectivity index (χ2n) is 11.5. The van der Waals surface area contributed by atoms with Crippen LogP contribution in [0, 0.1) is 5.41 Å². The number of nitrogens with zero attached hydrogens (tertiary/aromatic N) is 2. The molecular weight excluding hydrogens is 440 g/mol. The largest absolute Gasteiger partial charge is 0.491 e. The van der Waals surface area contributed by atoms with Gasteiger partial charge in [-0.05, 0) is 66.4 Å². The van der Waals surface area contributed by atoms with E-state index in [1.807, 2.05) is 24.3 Å². The Balaban J connectivity index is 1.43. The zero-order chi connectivity index (χ0) is 24.6. The van der Waals surface area contributed by atoms with Crippen LogP contribution in [0.2, 0.25) is 0 Å². The summed E-state index contributed by atoms with van der Waals surface area (Å²) in [6.07, 6.45) is 1.52. The van der Waals surface area contributed by atoms with Gasteiger partial charge in [0, 0.05) is 11.0 Å². The van der Waals surface area contributed by atoms with E-state index in [0.29, 0.717) is 13.2 Å². The van der Waals surface area contributed by atoms with E-state index >= 15 is 0 Å². The van der Waals surface area contributed by atoms with Gasteiger partial charge in [-0.15, -0.1) is 0 Å². The summed E-state index contributed by atoms with van der Waals surface area (Å²) in [4.78, 5) is 0. The zero-order valence-corrected chi connectivity index (χ0v) is 21.4. The number of ether oxygens (including phenoxy) is 4. The fourth-order valence-electron chi connectivity index (χ4n) is 4.73. The van der Waals surface area contributed by atoms with Gasteiger partial charge in [-0.2, -0.15) is 5.10 Å². The van der Waals surface area contributed by atoms with Gasteiger partial charge in [-0.25, -0.2) is 4.68 Å². The molecule has 2 aromatic carbocycles. The highest BCUT2D eigenvalue weighted by molar-refractivity contribution is 5.62. The Morgan fingerprint density at radius 3 is 1.83 bits per heavy atom. The molecule has 0 N–H and O–H groups in total. The van der Waals surface area contributed by atoms with E-state index in [1.165, 1.54) is 5.69 Å². The van der Waals surface area contributed by atoms with E-state index < -0.39 is 0 Å². The summed E-state index contributed by atoms with van der Waals surface area (Å²) < 4.78 is 24.2. The maximum absolute atomic E-state index is 5.83. The molecular formula is C29H36N2O4. The molecule has 2 aliphatic rings. The molecule has 0 bridgehead atoms. The SMILES string of the molecule is CC(C)(C)CC(C)(C)c1cc(-c2ccc(OCC3CO3)cc2)nn1-c1ccc(OCC2CO2)cc1. The Labute approximate surface area is 208 Å². The maximum Gasteiger partial charge on any atom is 0.119 e. The standard InChI is InChI=1S/C29H36N2O4/c1-28(2,3)19-29(4,5)27-14-26(20-6-10-22(11-7-20)32-15-24-17-34-24)30-31(27)21-8-12-23(13-9-21)33-16-25-18-35-25/h6-14,24-25H,15-19H2,1-5H3. The Bertz CT molecular complexity index is 1130. The molecule has 6 heteroatoms. The van der Waals surface area contributed by atoms with Gasteiger partial charge in [0.15, 0.2) is 0 Å². The average Bonchev–Trinajstić information content (AvgIpc) is 3.74. The average molecular weight is 477 g/mol. The minimum absolute atomic E-state index is 0.0741. The molecule has 0 radical (unpaired) electrons. The van der Waals surface area contributed by atoms with Gasteiger partial charge in [0.2, 0.25) is 0 Å². The van der Waals surface area contributed by atoms with Crippen LogP contribution in [0.4, 0.5) is 0 Å². The number of epoxide rings is 2. The van der Waals surface area contributed by atoms with Crippen LogP contribution in [0.15, 0.2) is 54.6 Å². The molecule has 1 aromatic heterocycles. The summed E-state index contributed by atoms with van der Waals surface area (Å²) in [5, 5.41) is 5.07. The van der Waals surface area contributed by atoms with Crippen LogP contribution in [0.5, 0.6) is 11.5 Å². The number of benzene rings is 2. The Hall–Kier alpha value is -2.83. The number of aromatic nitrogens is 2. The molecule has 2 saturated heterocycles. The van der Waals surface area contributed by atoms with Gasteiger partial charge in [0.25, 0.3) is 0 Å². The van der Waals surface area contributed by atoms with E-state index in [0.717, 1.165) is 48.1 Å². The van der Waals surface area contributed by atoms with E-state index in [1.54, 1.807) is 0 Å². The van der Waals surface area contributed by atoms with Crippen molar-refractivity contribution in [1.82, 2.24) is 9.78 Å². The third-order valence-corrected chi connectivity index (χ3v) is 6.28. The lowest BCUT2D eigenvalue weighted by Crippen LogP contribution is -2.27. The molecule has 186 valence electrons. The predicted molar refractivity (Wildman–Crippen MR) is 137 cm³/mol. The highest BCUT2D eigenvalue weighted by atomic mass is 16.6. The molecule has 5 rings (SSSR count). The van der Waals surface area contributed by atoms with Gasteiger partial charge in [0.05, 0.1) is 30.3 Å². The molecule has 2 fully saturated rings. The summed E-state index contributed by atoms with van der Waals surface area (Å²) in [5.74, 6) is 1.70. The van der Waals surface area contributed by atoms with Gasteiger partial charge in [-0.1, -0.05) is 34.6 Å². The highest BCUT2D eigenvalue weighted by Gasteiger charge is 2.32. The van der Waals surface area contributed by atoms with Crippen LogP contribution in [0.1, 0.15) is 46.7 Å². The van der Waals surface area contributed by atoms with Crippen LogP contribution < -0.4 is 9.47 Å². The minimum atomic E-state index is -0.0741. The fourth-order valence-corrected chi connectivity index (χ4v) is 4.73. The van der Waals surface area contributed by atoms with Crippen molar-refractivity contribution in [1.29, 1.82) is 0 Å². The van der Waals surface area contributed by atoms with Crippen molar-refractivity contribution in [2.45, 2.75) is 58.7 Å². The molecule has 3 aromatic rings. The van der Waals surface area contributed by atoms with Crippen LogP contribution in [-0.2, 0) is 14.9 Å². The molecule has 0 saturated carbocycles. The van der Waals surface area contributed by atoms with Gasteiger partial charge < -0.3 is 18.9 Å². The topological polar surface area (TPSA) is 61.3 Å². The molecule has 2 atom stereocenters. The summed E-state index contributed by atoms with van der Waals surface area (Å²) in [6.45, 7) is 14.3. The lowest BCUT2D eigenvalue weighted by molar-refractivity contribution is 0.263. The van der Waals surface area contributed by atoms with Crippen molar-refractivity contribution in [2.75, 3.05) is 26.4 Å². The second-order valence-corrected chi connectivity index (χ2v) is 11.5. The minimum Gasteiger partial charge on any atom is -0.491 e. The highest BCUT2D eigenvalue weighted by Crippen LogP contribution is 2.39. The van der Waals surface area contributed by atoms with Crippen molar-refractivity contribution in [2.24, 2.45) is 5.41 Å².